The van der Waals surface area contributed by atoms with E-state index in [1.165, 1.54) is 10.4 Å². The van der Waals surface area contributed by atoms with Crippen LogP contribution in [0.5, 0.6) is 0 Å². The van der Waals surface area contributed by atoms with Gasteiger partial charge in [0, 0.05) is 17.1 Å². The molecule has 1 amide bonds. The monoisotopic (exact) mass is 416 g/mol. The second-order valence-electron chi connectivity index (χ2n) is 5.55. The van der Waals surface area contributed by atoms with Crippen LogP contribution in [0.3, 0.4) is 0 Å². The molecule has 1 aromatic heterocycles. The molecule has 0 bridgehead atoms. The molecule has 9 heteroatoms. The molecule has 0 aliphatic carbocycles. The van der Waals surface area contributed by atoms with Crippen LogP contribution in [-0.4, -0.2) is 37.5 Å². The number of halogens is 1. The maximum Gasteiger partial charge on any atom is 0.253 e. The highest BCUT2D eigenvalue weighted by atomic mass is 35.5. The van der Waals surface area contributed by atoms with Gasteiger partial charge in [0.15, 0.2) is 0 Å². The Kier molecular flexibility index (Phi) is 5.75. The number of nitrogens with one attached hydrogen (secondary N) is 1. The molecule has 2 heterocycles. The normalized spacial score (nSPS) is 18.4. The van der Waals surface area contributed by atoms with E-state index in [1.54, 1.807) is 17.8 Å². The number of amides is 1. The summed E-state index contributed by atoms with van der Waals surface area (Å²) >= 11 is 8.48. The van der Waals surface area contributed by atoms with E-state index in [9.17, 15) is 13.2 Å². The van der Waals surface area contributed by atoms with Crippen molar-refractivity contribution in [2.75, 3.05) is 18.1 Å². The molecule has 0 spiro atoms. The first kappa shape index (κ1) is 18.7. The third-order valence-corrected chi connectivity index (χ3v) is 8.33. The van der Waals surface area contributed by atoms with Crippen LogP contribution < -0.4 is 5.32 Å². The molecule has 1 fully saturated rings. The smallest absolute Gasteiger partial charge is 0.253 e. The van der Waals surface area contributed by atoms with Crippen LogP contribution in [0.2, 0.25) is 4.34 Å². The number of hydrogen-bond donors (Lipinski definition) is 1. The Balaban J connectivity index is 1.77. The zero-order valence-corrected chi connectivity index (χ0v) is 16.6. The highest BCUT2D eigenvalue weighted by Gasteiger charge is 2.40. The minimum absolute atomic E-state index is 0.168. The average molecular weight is 417 g/mol. The van der Waals surface area contributed by atoms with Gasteiger partial charge in [-0.15, -0.1) is 23.1 Å². The summed E-state index contributed by atoms with van der Waals surface area (Å²) < 4.78 is 27.4. The Bertz CT molecular complexity index is 865. The van der Waals surface area contributed by atoms with Crippen LogP contribution in [-0.2, 0) is 14.8 Å². The van der Waals surface area contributed by atoms with Crippen LogP contribution in [0, 0.1) is 0 Å². The fraction of sp³-hybridized carbons (Fsp3) is 0.312. The van der Waals surface area contributed by atoms with Gasteiger partial charge in [-0.05, 0) is 55.5 Å². The SMILES string of the molecule is CSc1ccc(NC(=O)C2CCCN2S(=O)(=O)c2ccc(Cl)s2)cc1. The van der Waals surface area contributed by atoms with Gasteiger partial charge in [0.1, 0.15) is 10.3 Å². The lowest BCUT2D eigenvalue weighted by Crippen LogP contribution is -2.42. The Morgan fingerprint density at radius 1 is 1.28 bits per heavy atom. The summed E-state index contributed by atoms with van der Waals surface area (Å²) in [6.07, 6.45) is 3.14. The van der Waals surface area contributed by atoms with Gasteiger partial charge in [-0.2, -0.15) is 4.31 Å². The van der Waals surface area contributed by atoms with E-state index in [0.29, 0.717) is 29.4 Å². The summed E-state index contributed by atoms with van der Waals surface area (Å²) in [4.78, 5) is 13.7. The maximum atomic E-state index is 12.8. The van der Waals surface area contributed by atoms with Gasteiger partial charge < -0.3 is 5.32 Å². The number of rotatable bonds is 5. The third-order valence-electron chi connectivity index (χ3n) is 3.98. The maximum absolute atomic E-state index is 12.8. The molecule has 1 atom stereocenters. The van der Waals surface area contributed by atoms with Crippen LogP contribution in [0.4, 0.5) is 5.69 Å². The van der Waals surface area contributed by atoms with Gasteiger partial charge in [-0.25, -0.2) is 8.42 Å². The van der Waals surface area contributed by atoms with E-state index in [0.717, 1.165) is 16.2 Å². The van der Waals surface area contributed by atoms with E-state index in [-0.39, 0.29) is 10.1 Å². The Hall–Kier alpha value is -1.06. The minimum atomic E-state index is -3.71. The van der Waals surface area contributed by atoms with E-state index < -0.39 is 16.1 Å². The topological polar surface area (TPSA) is 66.5 Å². The molecular weight excluding hydrogens is 400 g/mol. The van der Waals surface area contributed by atoms with Crippen molar-refractivity contribution in [3.63, 3.8) is 0 Å². The molecular formula is C16H17ClN2O3S3. The van der Waals surface area contributed by atoms with Gasteiger partial charge >= 0.3 is 0 Å². The zero-order chi connectivity index (χ0) is 18.0. The Morgan fingerprint density at radius 2 is 2.00 bits per heavy atom. The number of thioether (sulfide) groups is 1. The largest absolute Gasteiger partial charge is 0.325 e. The highest BCUT2D eigenvalue weighted by Crippen LogP contribution is 2.32. The summed E-state index contributed by atoms with van der Waals surface area (Å²) in [5.41, 5.74) is 0.659. The van der Waals surface area contributed by atoms with Crippen LogP contribution in [0.1, 0.15) is 12.8 Å². The van der Waals surface area contributed by atoms with Crippen molar-refractivity contribution in [3.8, 4) is 0 Å². The van der Waals surface area contributed by atoms with Crippen molar-refractivity contribution in [1.29, 1.82) is 0 Å². The van der Waals surface area contributed by atoms with Gasteiger partial charge in [0.2, 0.25) is 5.91 Å². The van der Waals surface area contributed by atoms with Gasteiger partial charge in [-0.1, -0.05) is 11.6 Å². The van der Waals surface area contributed by atoms with Gasteiger partial charge in [-0.3, -0.25) is 4.79 Å². The molecule has 1 N–H and O–H groups in total. The lowest BCUT2D eigenvalue weighted by atomic mass is 10.2. The zero-order valence-electron chi connectivity index (χ0n) is 13.4. The second-order valence-corrected chi connectivity index (χ2v) is 10.3. The molecule has 0 radical (unpaired) electrons. The standard InChI is InChI=1S/C16H17ClN2O3S3/c1-23-12-6-4-11(5-7-12)18-16(20)13-3-2-10-19(13)25(21,22)15-9-8-14(17)24-15/h4-9,13H,2-3,10H2,1H3,(H,18,20). The molecule has 1 aliphatic rings. The summed E-state index contributed by atoms with van der Waals surface area (Å²) in [6.45, 7) is 0.335. The molecule has 3 rings (SSSR count). The quantitative estimate of drug-likeness (QED) is 0.750. The molecule has 2 aromatic rings. The van der Waals surface area contributed by atoms with E-state index in [4.69, 9.17) is 11.6 Å². The van der Waals surface area contributed by atoms with Crippen LogP contribution in [0.25, 0.3) is 0 Å². The first-order valence-corrected chi connectivity index (χ1v) is 11.5. The van der Waals surface area contributed by atoms with Gasteiger partial charge in [0.05, 0.1) is 4.34 Å². The number of thiophene rings is 1. The number of carbonyl (C=O) groups excluding carboxylic acids is 1. The summed E-state index contributed by atoms with van der Waals surface area (Å²) in [7, 11) is -3.71. The lowest BCUT2D eigenvalue weighted by Gasteiger charge is -2.22. The fourth-order valence-corrected chi connectivity index (χ4v) is 6.42. The molecule has 1 saturated heterocycles. The van der Waals surface area contributed by atoms with Crippen molar-refractivity contribution in [2.45, 2.75) is 28.0 Å². The van der Waals surface area contributed by atoms with Crippen molar-refractivity contribution in [2.24, 2.45) is 0 Å². The van der Waals surface area contributed by atoms with Crippen molar-refractivity contribution in [1.82, 2.24) is 4.31 Å². The number of anilines is 1. The van der Waals surface area contributed by atoms with E-state index >= 15 is 0 Å². The molecule has 1 unspecified atom stereocenters. The van der Waals surface area contributed by atoms with E-state index in [1.807, 2.05) is 30.5 Å². The predicted octanol–water partition coefficient (Wildman–Crippen LogP) is 3.92. The molecule has 1 aromatic carbocycles. The third kappa shape index (κ3) is 4.03. The van der Waals surface area contributed by atoms with Crippen molar-refractivity contribution < 1.29 is 13.2 Å². The lowest BCUT2D eigenvalue weighted by molar-refractivity contribution is -0.119. The number of nitrogens with zero attached hydrogens (tertiary/aromatic N) is 1. The minimum Gasteiger partial charge on any atom is -0.325 e. The molecule has 5 nitrogen and oxygen atoms in total. The molecule has 1 aliphatic heterocycles. The average Bonchev–Trinajstić information content (AvgIpc) is 3.25. The molecule has 134 valence electrons. The van der Waals surface area contributed by atoms with Crippen LogP contribution in [0.15, 0.2) is 45.5 Å². The molecule has 0 saturated carbocycles. The van der Waals surface area contributed by atoms with Gasteiger partial charge in [0.25, 0.3) is 10.0 Å². The number of hydrogen-bond acceptors (Lipinski definition) is 5. The number of benzene rings is 1. The first-order valence-electron chi connectivity index (χ1n) is 7.64. The van der Waals surface area contributed by atoms with Crippen molar-refractivity contribution >= 4 is 56.3 Å². The molecule has 25 heavy (non-hydrogen) atoms. The summed E-state index contributed by atoms with van der Waals surface area (Å²) in [5, 5.41) is 2.82. The highest BCUT2D eigenvalue weighted by molar-refractivity contribution is 7.98. The summed E-state index contributed by atoms with van der Waals surface area (Å²) in [5.74, 6) is -0.305. The first-order chi connectivity index (χ1) is 11.9. The number of carbonyl (C=O) groups is 1. The Labute approximate surface area is 160 Å². The number of sulfonamides is 1. The predicted molar refractivity (Wildman–Crippen MR) is 103 cm³/mol. The fourth-order valence-electron chi connectivity index (χ4n) is 2.74. The van der Waals surface area contributed by atoms with Crippen LogP contribution >= 0.6 is 34.7 Å². The summed E-state index contributed by atoms with van der Waals surface area (Å²) in [6, 6.07) is 9.79. The second kappa shape index (κ2) is 7.67. The Morgan fingerprint density at radius 3 is 2.60 bits per heavy atom. The van der Waals surface area contributed by atoms with E-state index in [2.05, 4.69) is 5.32 Å². The van der Waals surface area contributed by atoms with Crippen molar-refractivity contribution in [3.05, 3.63) is 40.7 Å².